The molecule has 86 valence electrons. The van der Waals surface area contributed by atoms with Crippen LogP contribution in [0.25, 0.3) is 0 Å². The number of nitrogens with zero attached hydrogens (tertiary/aromatic N) is 2. The van der Waals surface area contributed by atoms with Gasteiger partial charge < -0.3 is 10.6 Å². The Morgan fingerprint density at radius 2 is 1.87 bits per heavy atom. The Hall–Kier alpha value is -0.610. The van der Waals surface area contributed by atoms with Gasteiger partial charge in [0.1, 0.15) is 0 Å². The molecule has 1 aliphatic heterocycles. The van der Waals surface area contributed by atoms with Gasteiger partial charge in [0.2, 0.25) is 5.91 Å². The van der Waals surface area contributed by atoms with E-state index in [1.165, 1.54) is 0 Å². The molecule has 1 saturated heterocycles. The van der Waals surface area contributed by atoms with Crippen molar-refractivity contribution < 1.29 is 4.79 Å². The highest BCUT2D eigenvalue weighted by Crippen LogP contribution is 2.23. The van der Waals surface area contributed by atoms with Crippen molar-refractivity contribution in [3.63, 3.8) is 0 Å². The summed E-state index contributed by atoms with van der Waals surface area (Å²) in [5.74, 6) is 0.296. The fraction of sp³-hybridized carbons (Fsp3) is 0.909. The van der Waals surface area contributed by atoms with Crippen LogP contribution in [0.15, 0.2) is 0 Å². The zero-order chi connectivity index (χ0) is 10.8. The Bertz CT molecular complexity index is 236. The molecule has 1 saturated carbocycles. The predicted molar refractivity (Wildman–Crippen MR) is 59.4 cm³/mol. The molecule has 0 bridgehead atoms. The lowest BCUT2D eigenvalue weighted by atomic mass is 9.90. The second-order valence-corrected chi connectivity index (χ2v) is 4.89. The molecule has 0 spiro atoms. The predicted octanol–water partition coefficient (Wildman–Crippen LogP) is 0.0303. The minimum atomic E-state index is 0.296. The molecule has 2 N–H and O–H groups in total. The van der Waals surface area contributed by atoms with Gasteiger partial charge in [-0.1, -0.05) is 0 Å². The van der Waals surface area contributed by atoms with Crippen LogP contribution in [0.4, 0.5) is 0 Å². The van der Waals surface area contributed by atoms with Crippen LogP contribution < -0.4 is 5.73 Å². The average molecular weight is 211 g/mol. The van der Waals surface area contributed by atoms with Crippen LogP contribution in [0.5, 0.6) is 0 Å². The van der Waals surface area contributed by atoms with E-state index in [4.69, 9.17) is 5.73 Å². The average Bonchev–Trinajstić information content (AvgIpc) is 2.20. The van der Waals surface area contributed by atoms with Crippen molar-refractivity contribution in [3.8, 4) is 0 Å². The van der Waals surface area contributed by atoms with E-state index < -0.39 is 0 Å². The van der Waals surface area contributed by atoms with Gasteiger partial charge in [-0.05, 0) is 32.7 Å². The fourth-order valence-corrected chi connectivity index (χ4v) is 2.60. The summed E-state index contributed by atoms with van der Waals surface area (Å²) in [6.45, 7) is 2.49. The monoisotopic (exact) mass is 211 g/mol. The summed E-state index contributed by atoms with van der Waals surface area (Å²) in [7, 11) is 2.01. The zero-order valence-corrected chi connectivity index (χ0v) is 9.48. The molecule has 2 fully saturated rings. The molecule has 2 aliphatic rings. The lowest BCUT2D eigenvalue weighted by molar-refractivity contribution is -0.138. The van der Waals surface area contributed by atoms with E-state index in [0.717, 1.165) is 38.8 Å². The van der Waals surface area contributed by atoms with E-state index in [1.54, 1.807) is 0 Å². The molecule has 15 heavy (non-hydrogen) atoms. The van der Waals surface area contributed by atoms with Crippen molar-refractivity contribution in [3.05, 3.63) is 0 Å². The number of piperazine rings is 1. The van der Waals surface area contributed by atoms with Crippen molar-refractivity contribution >= 4 is 5.91 Å². The summed E-state index contributed by atoms with van der Waals surface area (Å²) in [5, 5.41) is 0. The maximum atomic E-state index is 11.8. The Morgan fingerprint density at radius 1 is 1.20 bits per heavy atom. The molecule has 0 aromatic rings. The first kappa shape index (κ1) is 10.9. The van der Waals surface area contributed by atoms with E-state index in [-0.39, 0.29) is 0 Å². The van der Waals surface area contributed by atoms with Gasteiger partial charge in [0, 0.05) is 25.2 Å². The summed E-state index contributed by atoms with van der Waals surface area (Å²) in [6, 6.07) is 0.829. The number of nitrogens with two attached hydrogens (primary N) is 1. The van der Waals surface area contributed by atoms with Crippen LogP contribution in [-0.2, 0) is 4.79 Å². The van der Waals surface area contributed by atoms with Crippen molar-refractivity contribution in [2.24, 2.45) is 5.73 Å². The Labute approximate surface area is 91.4 Å². The van der Waals surface area contributed by atoms with Gasteiger partial charge in [-0.2, -0.15) is 0 Å². The molecule has 0 unspecified atom stereocenters. The maximum Gasteiger partial charge on any atom is 0.237 e. The number of likely N-dealkylation sites (N-methyl/N-ethyl adjacent to an activating group) is 1. The van der Waals surface area contributed by atoms with Gasteiger partial charge in [0.05, 0.1) is 6.54 Å². The molecule has 1 heterocycles. The van der Waals surface area contributed by atoms with E-state index in [9.17, 15) is 4.79 Å². The number of amides is 1. The molecule has 0 radical (unpaired) electrons. The first-order valence-corrected chi connectivity index (χ1v) is 5.90. The summed E-state index contributed by atoms with van der Waals surface area (Å²) in [6.07, 6.45) is 4.34. The molecule has 1 amide bonds. The highest BCUT2D eigenvalue weighted by molar-refractivity contribution is 5.79. The summed E-state index contributed by atoms with van der Waals surface area (Å²) in [5.41, 5.74) is 5.87. The second kappa shape index (κ2) is 4.49. The highest BCUT2D eigenvalue weighted by Gasteiger charge is 2.30. The molecular weight excluding hydrogens is 190 g/mol. The third kappa shape index (κ3) is 2.49. The summed E-state index contributed by atoms with van der Waals surface area (Å²) in [4.78, 5) is 16.0. The Balaban J connectivity index is 1.90. The van der Waals surface area contributed by atoms with Crippen molar-refractivity contribution in [2.45, 2.75) is 37.8 Å². The van der Waals surface area contributed by atoms with Crippen molar-refractivity contribution in [2.75, 3.05) is 26.7 Å². The SMILES string of the molecule is CN1CCN(C2CCC(N)CC2)C(=O)C1. The van der Waals surface area contributed by atoms with E-state index in [0.29, 0.717) is 24.5 Å². The van der Waals surface area contributed by atoms with Crippen LogP contribution in [0.2, 0.25) is 0 Å². The lowest BCUT2D eigenvalue weighted by Gasteiger charge is -2.40. The smallest absolute Gasteiger partial charge is 0.237 e. The van der Waals surface area contributed by atoms with Gasteiger partial charge in [0.25, 0.3) is 0 Å². The van der Waals surface area contributed by atoms with Gasteiger partial charge in [-0.15, -0.1) is 0 Å². The zero-order valence-electron chi connectivity index (χ0n) is 9.48. The number of rotatable bonds is 1. The van der Waals surface area contributed by atoms with Crippen molar-refractivity contribution in [1.82, 2.24) is 9.80 Å². The third-order valence-electron chi connectivity index (χ3n) is 3.63. The van der Waals surface area contributed by atoms with Gasteiger partial charge in [0.15, 0.2) is 0 Å². The van der Waals surface area contributed by atoms with Crippen LogP contribution in [0, 0.1) is 0 Å². The standard InChI is InChI=1S/C11H21N3O/c1-13-6-7-14(11(15)8-13)10-4-2-9(12)3-5-10/h9-10H,2-8,12H2,1H3. The fourth-order valence-electron chi connectivity index (χ4n) is 2.60. The lowest BCUT2D eigenvalue weighted by Crippen LogP contribution is -2.54. The molecule has 0 aromatic carbocycles. The normalized spacial score (nSPS) is 34.5. The van der Waals surface area contributed by atoms with Gasteiger partial charge in [-0.25, -0.2) is 0 Å². The number of carbonyl (C=O) groups is 1. The van der Waals surface area contributed by atoms with E-state index in [1.807, 2.05) is 7.05 Å². The largest absolute Gasteiger partial charge is 0.337 e. The van der Waals surface area contributed by atoms with Crippen LogP contribution in [0.3, 0.4) is 0 Å². The van der Waals surface area contributed by atoms with Crippen LogP contribution >= 0.6 is 0 Å². The van der Waals surface area contributed by atoms with Gasteiger partial charge in [-0.3, -0.25) is 9.69 Å². The maximum absolute atomic E-state index is 11.8. The minimum absolute atomic E-state index is 0.296. The Morgan fingerprint density at radius 3 is 2.47 bits per heavy atom. The molecule has 2 rings (SSSR count). The summed E-state index contributed by atoms with van der Waals surface area (Å²) >= 11 is 0. The number of hydrogen-bond donors (Lipinski definition) is 1. The third-order valence-corrected chi connectivity index (χ3v) is 3.63. The number of hydrogen-bond acceptors (Lipinski definition) is 3. The first-order valence-electron chi connectivity index (χ1n) is 5.90. The van der Waals surface area contributed by atoms with Crippen molar-refractivity contribution in [1.29, 1.82) is 0 Å². The quantitative estimate of drug-likeness (QED) is 0.666. The Kier molecular flexibility index (Phi) is 3.26. The molecule has 4 nitrogen and oxygen atoms in total. The van der Waals surface area contributed by atoms with Crippen LogP contribution in [-0.4, -0.2) is 54.5 Å². The second-order valence-electron chi connectivity index (χ2n) is 4.89. The molecule has 0 atom stereocenters. The van der Waals surface area contributed by atoms with Gasteiger partial charge >= 0.3 is 0 Å². The minimum Gasteiger partial charge on any atom is -0.337 e. The van der Waals surface area contributed by atoms with E-state index in [2.05, 4.69) is 9.80 Å². The summed E-state index contributed by atoms with van der Waals surface area (Å²) < 4.78 is 0. The molecule has 0 aromatic heterocycles. The van der Waals surface area contributed by atoms with E-state index >= 15 is 0 Å². The molecular formula is C11H21N3O. The number of carbonyl (C=O) groups excluding carboxylic acids is 1. The first-order chi connectivity index (χ1) is 7.16. The topological polar surface area (TPSA) is 49.6 Å². The molecule has 4 heteroatoms. The molecule has 1 aliphatic carbocycles. The van der Waals surface area contributed by atoms with Crippen LogP contribution in [0.1, 0.15) is 25.7 Å². The highest BCUT2D eigenvalue weighted by atomic mass is 16.2.